The van der Waals surface area contributed by atoms with Gasteiger partial charge in [-0.25, -0.2) is 4.98 Å². The van der Waals surface area contributed by atoms with E-state index in [0.717, 1.165) is 0 Å². The zero-order chi connectivity index (χ0) is 10.3. The fourth-order valence-electron chi connectivity index (χ4n) is 1.34. The molecule has 2 aromatic rings. The maximum atomic E-state index is 11.3. The van der Waals surface area contributed by atoms with Crippen LogP contribution in [0.5, 0.6) is 0 Å². The number of hydrogen-bond acceptors (Lipinski definition) is 2. The van der Waals surface area contributed by atoms with Crippen molar-refractivity contribution < 1.29 is 0 Å². The predicted octanol–water partition coefficient (Wildman–Crippen LogP) is 2.24. The summed E-state index contributed by atoms with van der Waals surface area (Å²) >= 11 is 11.8. The second-order valence-corrected chi connectivity index (χ2v) is 3.66. The monoisotopic (exact) mass is 228 g/mol. The Kier molecular flexibility index (Phi) is 2.21. The Balaban J connectivity index is 3.08. The van der Waals surface area contributed by atoms with Crippen molar-refractivity contribution in [2.24, 2.45) is 7.05 Å². The van der Waals surface area contributed by atoms with Gasteiger partial charge in [-0.3, -0.25) is 4.79 Å². The topological polar surface area (TPSA) is 34.9 Å². The van der Waals surface area contributed by atoms with Crippen molar-refractivity contribution in [3.63, 3.8) is 0 Å². The molecule has 3 nitrogen and oxygen atoms in total. The minimum Gasteiger partial charge on any atom is -0.310 e. The molecule has 14 heavy (non-hydrogen) atoms. The molecular weight excluding hydrogens is 223 g/mol. The molecule has 0 aromatic carbocycles. The van der Waals surface area contributed by atoms with Crippen molar-refractivity contribution in [2.75, 3.05) is 0 Å². The Morgan fingerprint density at radius 2 is 2.07 bits per heavy atom. The SMILES string of the molecule is Cn1c(=O)ccc2c(Cl)ncc(Cl)c21. The third-order valence-corrected chi connectivity index (χ3v) is 2.63. The average molecular weight is 229 g/mol. The summed E-state index contributed by atoms with van der Waals surface area (Å²) in [5.41, 5.74) is 0.487. The van der Waals surface area contributed by atoms with Gasteiger partial charge < -0.3 is 4.57 Å². The summed E-state index contributed by atoms with van der Waals surface area (Å²) in [6.07, 6.45) is 1.44. The van der Waals surface area contributed by atoms with Crippen molar-refractivity contribution in [3.8, 4) is 0 Å². The highest BCUT2D eigenvalue weighted by molar-refractivity contribution is 6.38. The van der Waals surface area contributed by atoms with Crippen molar-refractivity contribution in [3.05, 3.63) is 38.9 Å². The first-order valence-corrected chi connectivity index (χ1v) is 4.66. The Bertz CT molecular complexity index is 562. The van der Waals surface area contributed by atoms with Crippen LogP contribution in [-0.2, 0) is 7.05 Å². The molecular formula is C9H6Cl2N2O. The maximum absolute atomic E-state index is 11.3. The molecule has 0 radical (unpaired) electrons. The summed E-state index contributed by atoms with van der Waals surface area (Å²) in [7, 11) is 1.65. The van der Waals surface area contributed by atoms with E-state index in [4.69, 9.17) is 23.2 Å². The molecule has 0 amide bonds. The van der Waals surface area contributed by atoms with Crippen LogP contribution in [0.1, 0.15) is 0 Å². The third kappa shape index (κ3) is 1.29. The van der Waals surface area contributed by atoms with Crippen molar-refractivity contribution in [1.82, 2.24) is 9.55 Å². The van der Waals surface area contributed by atoms with Gasteiger partial charge in [0.05, 0.1) is 10.5 Å². The van der Waals surface area contributed by atoms with Gasteiger partial charge in [0, 0.05) is 24.7 Å². The molecule has 72 valence electrons. The van der Waals surface area contributed by atoms with E-state index >= 15 is 0 Å². The molecule has 0 fully saturated rings. The van der Waals surface area contributed by atoms with Crippen LogP contribution in [0.3, 0.4) is 0 Å². The van der Waals surface area contributed by atoms with Crippen LogP contribution < -0.4 is 5.56 Å². The molecule has 0 spiro atoms. The minimum absolute atomic E-state index is 0.123. The number of halogens is 2. The van der Waals surface area contributed by atoms with Gasteiger partial charge in [0.2, 0.25) is 0 Å². The molecule has 0 aliphatic heterocycles. The number of aryl methyl sites for hydroxylation is 1. The van der Waals surface area contributed by atoms with Crippen LogP contribution in [-0.4, -0.2) is 9.55 Å². The van der Waals surface area contributed by atoms with Crippen LogP contribution in [0, 0.1) is 0 Å². The molecule has 0 saturated carbocycles. The van der Waals surface area contributed by atoms with Gasteiger partial charge in [0.25, 0.3) is 5.56 Å². The van der Waals surface area contributed by atoms with Gasteiger partial charge in [-0.1, -0.05) is 23.2 Å². The number of aromatic nitrogens is 2. The van der Waals surface area contributed by atoms with Gasteiger partial charge >= 0.3 is 0 Å². The van der Waals surface area contributed by atoms with Gasteiger partial charge in [-0.15, -0.1) is 0 Å². The highest BCUT2D eigenvalue weighted by atomic mass is 35.5. The maximum Gasteiger partial charge on any atom is 0.250 e. The van der Waals surface area contributed by atoms with E-state index in [0.29, 0.717) is 21.1 Å². The molecule has 0 unspecified atom stereocenters. The fraction of sp³-hybridized carbons (Fsp3) is 0.111. The van der Waals surface area contributed by atoms with E-state index in [9.17, 15) is 4.79 Å². The molecule has 5 heteroatoms. The van der Waals surface area contributed by atoms with E-state index < -0.39 is 0 Å². The molecule has 0 atom stereocenters. The van der Waals surface area contributed by atoms with E-state index in [1.807, 2.05) is 0 Å². The molecule has 2 heterocycles. The highest BCUT2D eigenvalue weighted by Crippen LogP contribution is 2.25. The normalized spacial score (nSPS) is 10.8. The summed E-state index contributed by atoms with van der Waals surface area (Å²) < 4.78 is 1.45. The summed E-state index contributed by atoms with van der Waals surface area (Å²) in [6, 6.07) is 3.06. The van der Waals surface area contributed by atoms with Crippen LogP contribution in [0.15, 0.2) is 23.1 Å². The quantitative estimate of drug-likeness (QED) is 0.649. The number of fused-ring (bicyclic) bond motifs is 1. The number of hydrogen-bond donors (Lipinski definition) is 0. The van der Waals surface area contributed by atoms with Gasteiger partial charge in [0.15, 0.2) is 0 Å². The molecule has 0 aliphatic carbocycles. The minimum atomic E-state index is -0.123. The fourth-order valence-corrected chi connectivity index (χ4v) is 1.81. The van der Waals surface area contributed by atoms with E-state index in [2.05, 4.69) is 4.98 Å². The second-order valence-electron chi connectivity index (χ2n) is 2.89. The Labute approximate surface area is 89.9 Å². The van der Waals surface area contributed by atoms with Crippen LogP contribution in [0.2, 0.25) is 10.2 Å². The lowest BCUT2D eigenvalue weighted by Gasteiger charge is -2.06. The number of pyridine rings is 2. The zero-order valence-corrected chi connectivity index (χ0v) is 8.80. The molecule has 0 N–H and O–H groups in total. The second kappa shape index (κ2) is 3.26. The highest BCUT2D eigenvalue weighted by Gasteiger charge is 2.07. The summed E-state index contributed by atoms with van der Waals surface area (Å²) in [5.74, 6) is 0. The first-order valence-electron chi connectivity index (χ1n) is 3.91. The Morgan fingerprint density at radius 1 is 1.36 bits per heavy atom. The molecule has 2 rings (SSSR count). The van der Waals surface area contributed by atoms with E-state index in [1.165, 1.54) is 16.8 Å². The molecule has 2 aromatic heterocycles. The number of nitrogens with zero attached hydrogens (tertiary/aromatic N) is 2. The van der Waals surface area contributed by atoms with Crippen molar-refractivity contribution in [1.29, 1.82) is 0 Å². The lowest BCUT2D eigenvalue weighted by Crippen LogP contribution is -2.15. The number of rotatable bonds is 0. The summed E-state index contributed by atoms with van der Waals surface area (Å²) in [5, 5.41) is 1.45. The van der Waals surface area contributed by atoms with Crippen LogP contribution >= 0.6 is 23.2 Å². The summed E-state index contributed by atoms with van der Waals surface area (Å²) in [6.45, 7) is 0. The zero-order valence-electron chi connectivity index (χ0n) is 7.29. The smallest absolute Gasteiger partial charge is 0.250 e. The lowest BCUT2D eigenvalue weighted by molar-refractivity contribution is 0.905. The summed E-state index contributed by atoms with van der Waals surface area (Å²) in [4.78, 5) is 15.2. The van der Waals surface area contributed by atoms with Gasteiger partial charge in [-0.05, 0) is 6.07 Å². The largest absolute Gasteiger partial charge is 0.310 e. The van der Waals surface area contributed by atoms with Gasteiger partial charge in [0.1, 0.15) is 5.15 Å². The third-order valence-electron chi connectivity index (χ3n) is 2.05. The van der Waals surface area contributed by atoms with E-state index in [-0.39, 0.29) is 5.56 Å². The molecule has 0 aliphatic rings. The molecule has 0 saturated heterocycles. The lowest BCUT2D eigenvalue weighted by atomic mass is 10.2. The van der Waals surface area contributed by atoms with Gasteiger partial charge in [-0.2, -0.15) is 0 Å². The molecule has 0 bridgehead atoms. The first kappa shape index (κ1) is 9.49. The first-order chi connectivity index (χ1) is 6.61. The van der Waals surface area contributed by atoms with E-state index in [1.54, 1.807) is 13.1 Å². The predicted molar refractivity (Wildman–Crippen MR) is 57.0 cm³/mol. The van der Waals surface area contributed by atoms with Crippen molar-refractivity contribution >= 4 is 34.1 Å². The van der Waals surface area contributed by atoms with Crippen LogP contribution in [0.4, 0.5) is 0 Å². The Morgan fingerprint density at radius 3 is 2.79 bits per heavy atom. The average Bonchev–Trinajstić information content (AvgIpc) is 2.16. The standard InChI is InChI=1S/C9H6Cl2N2O/c1-13-7(14)3-2-5-8(13)6(10)4-12-9(5)11/h2-4H,1H3. The Hall–Kier alpha value is -1.06. The van der Waals surface area contributed by atoms with Crippen molar-refractivity contribution in [2.45, 2.75) is 0 Å². The van der Waals surface area contributed by atoms with Crippen LogP contribution in [0.25, 0.3) is 10.9 Å².